The topological polar surface area (TPSA) is 78.0 Å². The molecule has 7 nitrogen and oxygen atoms in total. The monoisotopic (exact) mass is 438 g/mol. The van der Waals surface area contributed by atoms with E-state index in [2.05, 4.69) is 40.5 Å². The maximum absolute atomic E-state index is 12.8. The van der Waals surface area contributed by atoms with Crippen LogP contribution in [0.3, 0.4) is 0 Å². The second kappa shape index (κ2) is 7.98. The first-order chi connectivity index (χ1) is 14.9. The summed E-state index contributed by atoms with van der Waals surface area (Å²) in [4.78, 5) is 36.9. The Kier molecular flexibility index (Phi) is 5.30. The van der Waals surface area contributed by atoms with Crippen molar-refractivity contribution < 1.29 is 0 Å². The lowest BCUT2D eigenvalue weighted by atomic mass is 9.96. The predicted octanol–water partition coefficient (Wildman–Crippen LogP) is 3.27. The third kappa shape index (κ3) is 4.11. The molecular formula is C23H30N6OS. The highest BCUT2D eigenvalue weighted by Crippen LogP contribution is 2.33. The Morgan fingerprint density at radius 3 is 2.65 bits per heavy atom. The summed E-state index contributed by atoms with van der Waals surface area (Å²) >= 11 is 1.72. The average Bonchev–Trinajstić information content (AvgIpc) is 3.12. The highest BCUT2D eigenvalue weighted by Gasteiger charge is 2.23. The van der Waals surface area contributed by atoms with Crippen LogP contribution in [0.25, 0.3) is 10.2 Å². The molecule has 31 heavy (non-hydrogen) atoms. The van der Waals surface area contributed by atoms with Crippen molar-refractivity contribution in [1.82, 2.24) is 24.8 Å². The number of aromatic nitrogens is 4. The first-order valence-electron chi connectivity index (χ1n) is 11.2. The van der Waals surface area contributed by atoms with Gasteiger partial charge in [0.25, 0.3) is 5.56 Å². The summed E-state index contributed by atoms with van der Waals surface area (Å²) in [6.45, 7) is 10.7. The zero-order valence-corrected chi connectivity index (χ0v) is 19.4. The molecule has 0 atom stereocenters. The number of aryl methyl sites for hydroxylation is 2. The number of rotatable bonds is 3. The Labute approximate surface area is 186 Å². The predicted molar refractivity (Wildman–Crippen MR) is 125 cm³/mol. The molecule has 0 amide bonds. The zero-order chi connectivity index (χ0) is 21.6. The molecule has 1 N–H and O–H groups in total. The van der Waals surface area contributed by atoms with Crippen LogP contribution in [0.5, 0.6) is 0 Å². The van der Waals surface area contributed by atoms with Gasteiger partial charge in [0.1, 0.15) is 22.3 Å². The van der Waals surface area contributed by atoms with Crippen molar-refractivity contribution in [1.29, 1.82) is 0 Å². The first-order valence-corrected chi connectivity index (χ1v) is 12.0. The molecule has 3 aromatic rings. The highest BCUT2D eigenvalue weighted by atomic mass is 32.1. The average molecular weight is 439 g/mol. The van der Waals surface area contributed by atoms with Crippen LogP contribution in [0.15, 0.2) is 17.1 Å². The van der Waals surface area contributed by atoms with Crippen LogP contribution >= 0.6 is 11.3 Å². The second-order valence-electron chi connectivity index (χ2n) is 9.66. The largest absolute Gasteiger partial charge is 0.354 e. The Balaban J connectivity index is 1.28. The number of fused-ring (bicyclic) bond motifs is 3. The number of anilines is 1. The lowest BCUT2D eigenvalue weighted by Gasteiger charge is -2.35. The van der Waals surface area contributed by atoms with Crippen LogP contribution in [0.1, 0.15) is 55.7 Å². The summed E-state index contributed by atoms with van der Waals surface area (Å²) in [5.74, 6) is 2.65. The molecule has 0 unspecified atom stereocenters. The van der Waals surface area contributed by atoms with Crippen LogP contribution in [0, 0.1) is 0 Å². The SMILES string of the molecule is CC(C)(C)c1nccc(N2CCN(Cc3nc4sc5c(c4c(=O)[nH]3)CCCC5)CC2)n1. The molecule has 1 saturated heterocycles. The van der Waals surface area contributed by atoms with E-state index in [1.54, 1.807) is 11.3 Å². The summed E-state index contributed by atoms with van der Waals surface area (Å²) in [6, 6.07) is 2.00. The van der Waals surface area contributed by atoms with Crippen LogP contribution in [-0.4, -0.2) is 51.0 Å². The van der Waals surface area contributed by atoms with E-state index in [9.17, 15) is 4.79 Å². The lowest BCUT2D eigenvalue weighted by Crippen LogP contribution is -2.46. The summed E-state index contributed by atoms with van der Waals surface area (Å²) in [7, 11) is 0. The van der Waals surface area contributed by atoms with Gasteiger partial charge in [-0.2, -0.15) is 0 Å². The fourth-order valence-electron chi connectivity index (χ4n) is 4.52. The van der Waals surface area contributed by atoms with Gasteiger partial charge in [0.05, 0.1) is 11.9 Å². The molecule has 1 aliphatic carbocycles. The summed E-state index contributed by atoms with van der Waals surface area (Å²) < 4.78 is 0. The molecule has 3 aromatic heterocycles. The lowest BCUT2D eigenvalue weighted by molar-refractivity contribution is 0.243. The standard InChI is InChI=1S/C23H30N6OS/c1-23(2,3)22-24-9-8-18(27-22)29-12-10-28(11-13-29)14-17-25-20(30)19-15-6-4-5-7-16(15)31-21(19)26-17/h8-9H,4-7,10-14H2,1-3H3,(H,25,26,30). The van der Waals surface area contributed by atoms with Gasteiger partial charge < -0.3 is 9.88 Å². The Morgan fingerprint density at radius 1 is 1.10 bits per heavy atom. The highest BCUT2D eigenvalue weighted by molar-refractivity contribution is 7.18. The van der Waals surface area contributed by atoms with Gasteiger partial charge in [0.2, 0.25) is 0 Å². The van der Waals surface area contributed by atoms with E-state index in [4.69, 9.17) is 9.97 Å². The van der Waals surface area contributed by atoms with Gasteiger partial charge in [-0.15, -0.1) is 11.3 Å². The van der Waals surface area contributed by atoms with Gasteiger partial charge in [-0.25, -0.2) is 15.0 Å². The van der Waals surface area contributed by atoms with Crippen molar-refractivity contribution in [3.8, 4) is 0 Å². The maximum Gasteiger partial charge on any atom is 0.259 e. The smallest absolute Gasteiger partial charge is 0.259 e. The molecule has 0 bridgehead atoms. The molecule has 4 heterocycles. The molecule has 8 heteroatoms. The minimum atomic E-state index is -0.0605. The van der Waals surface area contributed by atoms with Crippen molar-refractivity contribution in [3.63, 3.8) is 0 Å². The molecule has 0 aromatic carbocycles. The minimum Gasteiger partial charge on any atom is -0.354 e. The number of piperazine rings is 1. The van der Waals surface area contributed by atoms with E-state index in [0.717, 1.165) is 66.7 Å². The van der Waals surface area contributed by atoms with Crippen molar-refractivity contribution in [3.05, 3.63) is 44.7 Å². The van der Waals surface area contributed by atoms with Crippen LogP contribution in [0.4, 0.5) is 5.82 Å². The zero-order valence-electron chi connectivity index (χ0n) is 18.6. The number of nitrogens with zero attached hydrogens (tertiary/aromatic N) is 5. The van der Waals surface area contributed by atoms with E-state index in [1.165, 1.54) is 23.3 Å². The van der Waals surface area contributed by atoms with Crippen LogP contribution in [-0.2, 0) is 24.8 Å². The van der Waals surface area contributed by atoms with Gasteiger partial charge in [0, 0.05) is 42.7 Å². The van der Waals surface area contributed by atoms with E-state index >= 15 is 0 Å². The number of thiophene rings is 1. The molecule has 1 fully saturated rings. The van der Waals surface area contributed by atoms with Gasteiger partial charge in [-0.3, -0.25) is 9.69 Å². The summed E-state index contributed by atoms with van der Waals surface area (Å²) in [5, 5.41) is 0.840. The number of hydrogen-bond acceptors (Lipinski definition) is 7. The van der Waals surface area contributed by atoms with Gasteiger partial charge in [-0.1, -0.05) is 20.8 Å². The number of H-pyrrole nitrogens is 1. The molecule has 0 radical (unpaired) electrons. The quantitative estimate of drug-likeness (QED) is 0.676. The first kappa shape index (κ1) is 20.6. The summed E-state index contributed by atoms with van der Waals surface area (Å²) in [5.41, 5.74) is 1.23. The van der Waals surface area contributed by atoms with Crippen molar-refractivity contribution >= 4 is 27.4 Å². The summed E-state index contributed by atoms with van der Waals surface area (Å²) in [6.07, 6.45) is 6.36. The van der Waals surface area contributed by atoms with E-state index in [1.807, 2.05) is 12.3 Å². The normalized spacial score (nSPS) is 17.8. The molecule has 164 valence electrons. The van der Waals surface area contributed by atoms with Crippen molar-refractivity contribution in [2.24, 2.45) is 0 Å². The number of hydrogen-bond donors (Lipinski definition) is 1. The molecule has 5 rings (SSSR count). The Hall–Kier alpha value is -2.32. The van der Waals surface area contributed by atoms with Gasteiger partial charge >= 0.3 is 0 Å². The minimum absolute atomic E-state index is 0.0359. The molecule has 0 saturated carbocycles. The van der Waals surface area contributed by atoms with Crippen LogP contribution < -0.4 is 10.5 Å². The van der Waals surface area contributed by atoms with E-state index < -0.39 is 0 Å². The third-order valence-electron chi connectivity index (χ3n) is 6.26. The molecule has 0 spiro atoms. The molecule has 1 aliphatic heterocycles. The number of aromatic amines is 1. The molecule has 2 aliphatic rings. The molecular weight excluding hydrogens is 408 g/mol. The van der Waals surface area contributed by atoms with E-state index in [-0.39, 0.29) is 11.0 Å². The fourth-order valence-corrected chi connectivity index (χ4v) is 5.80. The number of nitrogens with one attached hydrogen (secondary N) is 1. The van der Waals surface area contributed by atoms with Gasteiger partial charge in [-0.05, 0) is 37.3 Å². The van der Waals surface area contributed by atoms with E-state index in [0.29, 0.717) is 6.54 Å². The van der Waals surface area contributed by atoms with Crippen molar-refractivity contribution in [2.75, 3.05) is 31.1 Å². The Morgan fingerprint density at radius 2 is 1.87 bits per heavy atom. The second-order valence-corrected chi connectivity index (χ2v) is 10.7. The maximum atomic E-state index is 12.8. The Bertz CT molecular complexity index is 1150. The fraction of sp³-hybridized carbons (Fsp3) is 0.565. The van der Waals surface area contributed by atoms with Gasteiger partial charge in [0.15, 0.2) is 0 Å². The third-order valence-corrected chi connectivity index (χ3v) is 7.44. The van der Waals surface area contributed by atoms with Crippen molar-refractivity contribution in [2.45, 2.75) is 58.4 Å². The van der Waals surface area contributed by atoms with Crippen LogP contribution in [0.2, 0.25) is 0 Å².